The third-order valence-corrected chi connectivity index (χ3v) is 4.86. The Hall–Kier alpha value is -2.48. The minimum absolute atomic E-state index is 0.0623. The highest BCUT2D eigenvalue weighted by atomic mass is 32.2. The molecule has 1 aromatic carbocycles. The Kier molecular flexibility index (Phi) is 4.98. The molecule has 0 saturated carbocycles. The first kappa shape index (κ1) is 17.3. The molecule has 2 aromatic rings. The number of anilines is 1. The van der Waals surface area contributed by atoms with Gasteiger partial charge in [-0.25, -0.2) is 18.4 Å². The van der Waals surface area contributed by atoms with Crippen molar-refractivity contribution in [1.29, 1.82) is 0 Å². The van der Waals surface area contributed by atoms with Crippen LogP contribution in [0, 0.1) is 0 Å². The van der Waals surface area contributed by atoms with Crippen molar-refractivity contribution in [2.45, 2.75) is 5.75 Å². The third-order valence-electron chi connectivity index (χ3n) is 4.00. The zero-order valence-electron chi connectivity index (χ0n) is 14.0. The Morgan fingerprint density at radius 3 is 2.40 bits per heavy atom. The van der Waals surface area contributed by atoms with Crippen LogP contribution in [0.2, 0.25) is 0 Å². The first-order valence-corrected chi connectivity index (χ1v) is 10.1. The number of nitrogens with zero attached hydrogens (tertiary/aromatic N) is 4. The SMILES string of the molecule is CS(=O)(=O)Cc1cccc(C(=O)N2CCN(c3ncccn3)CC2)c1. The van der Waals surface area contributed by atoms with Crippen LogP contribution >= 0.6 is 0 Å². The van der Waals surface area contributed by atoms with Gasteiger partial charge in [0.1, 0.15) is 0 Å². The van der Waals surface area contributed by atoms with E-state index in [4.69, 9.17) is 0 Å². The van der Waals surface area contributed by atoms with Gasteiger partial charge < -0.3 is 9.80 Å². The topological polar surface area (TPSA) is 83.5 Å². The van der Waals surface area contributed by atoms with Crippen LogP contribution in [0.3, 0.4) is 0 Å². The summed E-state index contributed by atoms with van der Waals surface area (Å²) in [5.74, 6) is 0.529. The summed E-state index contributed by atoms with van der Waals surface area (Å²) in [5.41, 5.74) is 1.15. The Morgan fingerprint density at radius 1 is 1.08 bits per heavy atom. The molecule has 0 bridgehead atoms. The van der Waals surface area contributed by atoms with Crippen LogP contribution in [-0.4, -0.2) is 61.6 Å². The number of carbonyl (C=O) groups is 1. The van der Waals surface area contributed by atoms with Gasteiger partial charge in [-0.2, -0.15) is 0 Å². The zero-order chi connectivity index (χ0) is 17.9. The maximum Gasteiger partial charge on any atom is 0.253 e. The predicted molar refractivity (Wildman–Crippen MR) is 95.1 cm³/mol. The molecule has 1 amide bonds. The number of hydrogen-bond donors (Lipinski definition) is 0. The van der Waals surface area contributed by atoms with E-state index in [-0.39, 0.29) is 11.7 Å². The summed E-state index contributed by atoms with van der Waals surface area (Å²) in [6.07, 6.45) is 4.59. The first-order valence-electron chi connectivity index (χ1n) is 8.00. The number of benzene rings is 1. The minimum Gasteiger partial charge on any atom is -0.337 e. The third kappa shape index (κ3) is 4.54. The highest BCUT2D eigenvalue weighted by Crippen LogP contribution is 2.14. The molecule has 0 radical (unpaired) electrons. The first-order chi connectivity index (χ1) is 11.9. The van der Waals surface area contributed by atoms with Crippen LogP contribution in [0.25, 0.3) is 0 Å². The summed E-state index contributed by atoms with van der Waals surface area (Å²) < 4.78 is 22.9. The van der Waals surface area contributed by atoms with E-state index in [1.807, 2.05) is 4.90 Å². The molecule has 1 aromatic heterocycles. The van der Waals surface area contributed by atoms with Crippen molar-refractivity contribution in [1.82, 2.24) is 14.9 Å². The Balaban J connectivity index is 1.66. The van der Waals surface area contributed by atoms with E-state index in [2.05, 4.69) is 9.97 Å². The summed E-state index contributed by atoms with van der Waals surface area (Å²) in [4.78, 5) is 25.0. The van der Waals surface area contributed by atoms with E-state index < -0.39 is 9.84 Å². The number of amides is 1. The molecule has 2 heterocycles. The van der Waals surface area contributed by atoms with Gasteiger partial charge >= 0.3 is 0 Å². The lowest BCUT2D eigenvalue weighted by atomic mass is 10.1. The van der Waals surface area contributed by atoms with Crippen LogP contribution in [0.4, 0.5) is 5.95 Å². The van der Waals surface area contributed by atoms with Crippen molar-refractivity contribution in [3.63, 3.8) is 0 Å². The lowest BCUT2D eigenvalue weighted by Crippen LogP contribution is -2.49. The minimum atomic E-state index is -3.13. The molecule has 25 heavy (non-hydrogen) atoms. The zero-order valence-corrected chi connectivity index (χ0v) is 14.8. The van der Waals surface area contributed by atoms with Crippen molar-refractivity contribution in [2.75, 3.05) is 37.3 Å². The standard InChI is InChI=1S/C17H20N4O3S/c1-25(23,24)13-14-4-2-5-15(12-14)16(22)20-8-10-21(11-9-20)17-18-6-3-7-19-17/h2-7,12H,8-11,13H2,1H3. The summed E-state index contributed by atoms with van der Waals surface area (Å²) in [5, 5.41) is 0. The fraction of sp³-hybridized carbons (Fsp3) is 0.353. The van der Waals surface area contributed by atoms with Crippen molar-refractivity contribution >= 4 is 21.7 Å². The van der Waals surface area contributed by atoms with Gasteiger partial charge in [0.2, 0.25) is 5.95 Å². The van der Waals surface area contributed by atoms with E-state index in [0.29, 0.717) is 43.3 Å². The Labute approximate surface area is 147 Å². The summed E-state index contributed by atoms with van der Waals surface area (Å²) in [7, 11) is -3.13. The lowest BCUT2D eigenvalue weighted by Gasteiger charge is -2.34. The molecule has 0 N–H and O–H groups in total. The molecule has 0 unspecified atom stereocenters. The molecule has 1 aliphatic heterocycles. The fourth-order valence-corrected chi connectivity index (χ4v) is 3.63. The lowest BCUT2D eigenvalue weighted by molar-refractivity contribution is 0.0746. The van der Waals surface area contributed by atoms with Crippen molar-refractivity contribution in [3.8, 4) is 0 Å². The van der Waals surface area contributed by atoms with Crippen LogP contribution in [-0.2, 0) is 15.6 Å². The van der Waals surface area contributed by atoms with Gasteiger partial charge in [0.15, 0.2) is 9.84 Å². The van der Waals surface area contributed by atoms with Crippen LogP contribution in [0.1, 0.15) is 15.9 Å². The molecule has 0 aliphatic carbocycles. The smallest absolute Gasteiger partial charge is 0.253 e. The largest absolute Gasteiger partial charge is 0.337 e. The van der Waals surface area contributed by atoms with E-state index in [0.717, 1.165) is 0 Å². The Bertz CT molecular complexity index is 847. The molecule has 3 rings (SSSR count). The molecule has 1 fully saturated rings. The molecule has 0 atom stereocenters. The van der Waals surface area contributed by atoms with E-state index >= 15 is 0 Å². The average molecular weight is 360 g/mol. The van der Waals surface area contributed by atoms with E-state index in [1.165, 1.54) is 6.26 Å². The summed E-state index contributed by atoms with van der Waals surface area (Å²) in [6, 6.07) is 8.61. The maximum atomic E-state index is 12.7. The van der Waals surface area contributed by atoms with E-state index in [1.54, 1.807) is 47.6 Å². The van der Waals surface area contributed by atoms with Gasteiger partial charge in [0, 0.05) is 50.4 Å². The molecule has 132 valence electrons. The highest BCUT2D eigenvalue weighted by molar-refractivity contribution is 7.89. The number of aromatic nitrogens is 2. The molecule has 0 spiro atoms. The molecule has 8 heteroatoms. The summed E-state index contributed by atoms with van der Waals surface area (Å²) >= 11 is 0. The second kappa shape index (κ2) is 7.18. The number of sulfone groups is 1. The van der Waals surface area contributed by atoms with Gasteiger partial charge in [-0.05, 0) is 23.8 Å². The van der Waals surface area contributed by atoms with Gasteiger partial charge in [0.25, 0.3) is 5.91 Å². The van der Waals surface area contributed by atoms with Gasteiger partial charge in [-0.1, -0.05) is 12.1 Å². The molecule has 1 saturated heterocycles. The van der Waals surface area contributed by atoms with Crippen molar-refractivity contribution in [2.24, 2.45) is 0 Å². The van der Waals surface area contributed by atoms with Crippen LogP contribution < -0.4 is 4.90 Å². The van der Waals surface area contributed by atoms with Crippen LogP contribution in [0.15, 0.2) is 42.7 Å². The maximum absolute atomic E-state index is 12.7. The molecular formula is C17H20N4O3S. The number of rotatable bonds is 4. The molecule has 1 aliphatic rings. The second-order valence-corrected chi connectivity index (χ2v) is 8.24. The Morgan fingerprint density at radius 2 is 1.76 bits per heavy atom. The van der Waals surface area contributed by atoms with Gasteiger partial charge in [-0.15, -0.1) is 0 Å². The summed E-state index contributed by atoms with van der Waals surface area (Å²) in [6.45, 7) is 2.48. The quantitative estimate of drug-likeness (QED) is 0.808. The van der Waals surface area contributed by atoms with Crippen molar-refractivity contribution < 1.29 is 13.2 Å². The molecular weight excluding hydrogens is 340 g/mol. The van der Waals surface area contributed by atoms with E-state index in [9.17, 15) is 13.2 Å². The number of piperazine rings is 1. The number of carbonyl (C=O) groups excluding carboxylic acids is 1. The second-order valence-electron chi connectivity index (χ2n) is 6.10. The van der Waals surface area contributed by atoms with Gasteiger partial charge in [-0.3, -0.25) is 4.79 Å². The predicted octanol–water partition coefficient (Wildman–Crippen LogP) is 0.984. The normalized spacial score (nSPS) is 15.2. The monoisotopic (exact) mass is 360 g/mol. The molecule has 7 nitrogen and oxygen atoms in total. The van der Waals surface area contributed by atoms with Crippen LogP contribution in [0.5, 0.6) is 0 Å². The fourth-order valence-electron chi connectivity index (χ4n) is 2.84. The number of hydrogen-bond acceptors (Lipinski definition) is 6. The highest BCUT2D eigenvalue weighted by Gasteiger charge is 2.23. The van der Waals surface area contributed by atoms with Gasteiger partial charge in [0.05, 0.1) is 5.75 Å². The van der Waals surface area contributed by atoms with Crippen molar-refractivity contribution in [3.05, 3.63) is 53.9 Å². The average Bonchev–Trinajstić information content (AvgIpc) is 2.61.